The molecule has 0 bridgehead atoms. The van der Waals surface area contributed by atoms with Gasteiger partial charge in [-0.2, -0.15) is 0 Å². The molecule has 1 aliphatic rings. The third kappa shape index (κ3) is 3.36. The molecule has 19 heavy (non-hydrogen) atoms. The Balaban J connectivity index is 2.08. The summed E-state index contributed by atoms with van der Waals surface area (Å²) in [4.78, 5) is 10.6. The molecule has 3 nitrogen and oxygen atoms in total. The predicted octanol–water partition coefficient (Wildman–Crippen LogP) is 4.00. The van der Waals surface area contributed by atoms with Crippen molar-refractivity contribution >= 4 is 45.7 Å². The van der Waals surface area contributed by atoms with Crippen LogP contribution in [0.15, 0.2) is 17.4 Å². The lowest BCUT2D eigenvalue weighted by Gasteiger charge is -2.34. The molecule has 0 N–H and O–H groups in total. The Kier molecular flexibility index (Phi) is 5.37. The van der Waals surface area contributed by atoms with Gasteiger partial charge in [-0.25, -0.2) is 0 Å². The second-order valence-electron chi connectivity index (χ2n) is 4.48. The number of aliphatic imine (C=N–C) groups is 1. The molecule has 6 heteroatoms. The minimum Gasteiger partial charge on any atom is -0.369 e. The fourth-order valence-electron chi connectivity index (χ4n) is 2.50. The van der Waals surface area contributed by atoms with Gasteiger partial charge >= 0.3 is 0 Å². The highest BCUT2D eigenvalue weighted by Gasteiger charge is 2.25. The third-order valence-electron chi connectivity index (χ3n) is 3.42. The SMILES string of the molecule is CN=C(SC)C1CCN(c2c(Cl)cncc2Cl)CC1. The molecule has 0 unspecified atom stereocenters. The first-order chi connectivity index (χ1) is 9.17. The summed E-state index contributed by atoms with van der Waals surface area (Å²) in [7, 11) is 1.87. The molecule has 1 aromatic rings. The van der Waals surface area contributed by atoms with E-state index in [1.54, 1.807) is 24.2 Å². The summed E-state index contributed by atoms with van der Waals surface area (Å²) in [5, 5.41) is 2.49. The first kappa shape index (κ1) is 14.9. The van der Waals surface area contributed by atoms with Gasteiger partial charge < -0.3 is 4.90 Å². The van der Waals surface area contributed by atoms with Gasteiger partial charge in [0.1, 0.15) is 0 Å². The molecular formula is C13H17Cl2N3S. The van der Waals surface area contributed by atoms with Gasteiger partial charge in [-0.05, 0) is 19.1 Å². The Morgan fingerprint density at radius 1 is 1.32 bits per heavy atom. The predicted molar refractivity (Wildman–Crippen MR) is 86.1 cm³/mol. The zero-order valence-electron chi connectivity index (χ0n) is 11.1. The maximum atomic E-state index is 6.20. The second-order valence-corrected chi connectivity index (χ2v) is 6.12. The molecule has 0 saturated carbocycles. The van der Waals surface area contributed by atoms with Crippen LogP contribution >= 0.6 is 35.0 Å². The van der Waals surface area contributed by atoms with Gasteiger partial charge in [0.2, 0.25) is 0 Å². The van der Waals surface area contributed by atoms with Gasteiger partial charge in [0.25, 0.3) is 0 Å². The van der Waals surface area contributed by atoms with Crippen molar-refractivity contribution in [1.82, 2.24) is 4.98 Å². The number of rotatable bonds is 2. The highest BCUT2D eigenvalue weighted by Crippen LogP contribution is 2.35. The quantitative estimate of drug-likeness (QED) is 0.609. The number of anilines is 1. The molecule has 2 rings (SSSR count). The highest BCUT2D eigenvalue weighted by atomic mass is 35.5. The summed E-state index contributed by atoms with van der Waals surface area (Å²) >= 11 is 14.1. The molecule has 0 amide bonds. The van der Waals surface area contributed by atoms with Crippen molar-refractivity contribution < 1.29 is 0 Å². The standard InChI is InChI=1S/C13H17Cl2N3S/c1-16-13(19-2)9-3-5-18(6-4-9)12-10(14)7-17-8-11(12)15/h7-9H,3-6H2,1-2H3. The molecule has 1 aliphatic heterocycles. The highest BCUT2D eigenvalue weighted by molar-refractivity contribution is 8.13. The largest absolute Gasteiger partial charge is 0.369 e. The van der Waals surface area contributed by atoms with Crippen LogP contribution in [0.4, 0.5) is 5.69 Å². The van der Waals surface area contributed by atoms with E-state index in [2.05, 4.69) is 21.1 Å². The number of aromatic nitrogens is 1. The number of nitrogens with zero attached hydrogens (tertiary/aromatic N) is 3. The number of pyridine rings is 1. The van der Waals surface area contributed by atoms with E-state index >= 15 is 0 Å². The zero-order valence-corrected chi connectivity index (χ0v) is 13.4. The lowest BCUT2D eigenvalue weighted by atomic mass is 9.97. The first-order valence-electron chi connectivity index (χ1n) is 6.22. The Hall–Kier alpha value is -0.450. The Bertz CT molecular complexity index is 451. The third-order valence-corrected chi connectivity index (χ3v) is 4.91. The normalized spacial score (nSPS) is 17.9. The van der Waals surface area contributed by atoms with Crippen LogP contribution in [0.3, 0.4) is 0 Å². The average molecular weight is 318 g/mol. The number of piperidine rings is 1. The van der Waals surface area contributed by atoms with E-state index in [0.717, 1.165) is 31.6 Å². The molecule has 0 atom stereocenters. The van der Waals surface area contributed by atoms with Gasteiger partial charge in [0.15, 0.2) is 0 Å². The summed E-state index contributed by atoms with van der Waals surface area (Å²) in [6.45, 7) is 1.90. The Morgan fingerprint density at radius 3 is 2.37 bits per heavy atom. The number of hydrogen-bond donors (Lipinski definition) is 0. The monoisotopic (exact) mass is 317 g/mol. The number of hydrogen-bond acceptors (Lipinski definition) is 4. The summed E-state index contributed by atoms with van der Waals surface area (Å²) in [6.07, 6.45) is 7.56. The van der Waals surface area contributed by atoms with Crippen LogP contribution in [0.25, 0.3) is 0 Å². The Morgan fingerprint density at radius 2 is 1.89 bits per heavy atom. The summed E-state index contributed by atoms with van der Waals surface area (Å²) in [6, 6.07) is 0. The molecule has 2 heterocycles. The fourth-order valence-corrected chi connectivity index (χ4v) is 3.85. The molecule has 0 aromatic carbocycles. The number of thioether (sulfide) groups is 1. The maximum absolute atomic E-state index is 6.20. The van der Waals surface area contributed by atoms with E-state index < -0.39 is 0 Å². The minimum absolute atomic E-state index is 0.565. The van der Waals surface area contributed by atoms with Crippen LogP contribution in [0.5, 0.6) is 0 Å². The van der Waals surface area contributed by atoms with Crippen molar-refractivity contribution in [3.8, 4) is 0 Å². The van der Waals surface area contributed by atoms with Crippen molar-refractivity contribution in [3.63, 3.8) is 0 Å². The van der Waals surface area contributed by atoms with Gasteiger partial charge in [-0.3, -0.25) is 9.98 Å². The van der Waals surface area contributed by atoms with Crippen molar-refractivity contribution in [3.05, 3.63) is 22.4 Å². The van der Waals surface area contributed by atoms with Crippen LogP contribution in [-0.4, -0.2) is 36.4 Å². The lowest BCUT2D eigenvalue weighted by molar-refractivity contribution is 0.506. The molecule has 0 radical (unpaired) electrons. The molecule has 1 saturated heterocycles. The summed E-state index contributed by atoms with van der Waals surface area (Å²) < 4.78 is 0. The number of halogens is 2. The van der Waals surface area contributed by atoms with Crippen molar-refractivity contribution in [1.29, 1.82) is 0 Å². The van der Waals surface area contributed by atoms with E-state index in [1.165, 1.54) is 5.04 Å². The van der Waals surface area contributed by atoms with Crippen LogP contribution in [0, 0.1) is 5.92 Å². The van der Waals surface area contributed by atoms with E-state index in [-0.39, 0.29) is 0 Å². The van der Waals surface area contributed by atoms with Gasteiger partial charge in [0.05, 0.1) is 20.8 Å². The van der Waals surface area contributed by atoms with Crippen molar-refractivity contribution in [2.45, 2.75) is 12.8 Å². The van der Waals surface area contributed by atoms with Crippen molar-refractivity contribution in [2.75, 3.05) is 31.3 Å². The Labute approximate surface area is 128 Å². The smallest absolute Gasteiger partial charge is 0.0838 e. The van der Waals surface area contributed by atoms with Gasteiger partial charge in [-0.15, -0.1) is 11.8 Å². The summed E-state index contributed by atoms with van der Waals surface area (Å²) in [5.41, 5.74) is 0.913. The molecule has 1 aromatic heterocycles. The van der Waals surface area contributed by atoms with E-state index in [4.69, 9.17) is 23.2 Å². The van der Waals surface area contributed by atoms with Crippen molar-refractivity contribution in [2.24, 2.45) is 10.9 Å². The fraction of sp³-hybridized carbons (Fsp3) is 0.538. The second kappa shape index (κ2) is 6.82. The van der Waals surface area contributed by atoms with E-state index in [1.807, 2.05) is 7.05 Å². The van der Waals surface area contributed by atoms with Crippen LogP contribution < -0.4 is 4.90 Å². The van der Waals surface area contributed by atoms with E-state index in [0.29, 0.717) is 16.0 Å². The summed E-state index contributed by atoms with van der Waals surface area (Å²) in [5.74, 6) is 0.565. The average Bonchev–Trinajstić information content (AvgIpc) is 2.41. The lowest BCUT2D eigenvalue weighted by Crippen LogP contribution is -2.36. The molecule has 1 fully saturated rings. The molecule has 0 aliphatic carbocycles. The molecule has 104 valence electrons. The van der Waals surface area contributed by atoms with Crippen LogP contribution in [0.1, 0.15) is 12.8 Å². The molecule has 0 spiro atoms. The maximum Gasteiger partial charge on any atom is 0.0838 e. The first-order valence-corrected chi connectivity index (χ1v) is 8.20. The minimum atomic E-state index is 0.565. The van der Waals surface area contributed by atoms with Gasteiger partial charge in [0, 0.05) is 38.4 Å². The zero-order chi connectivity index (χ0) is 13.8. The topological polar surface area (TPSA) is 28.5 Å². The van der Waals surface area contributed by atoms with Crippen LogP contribution in [0.2, 0.25) is 10.0 Å². The van der Waals surface area contributed by atoms with E-state index in [9.17, 15) is 0 Å². The van der Waals surface area contributed by atoms with Gasteiger partial charge in [-0.1, -0.05) is 23.2 Å². The van der Waals surface area contributed by atoms with Crippen LogP contribution in [-0.2, 0) is 0 Å². The molecular weight excluding hydrogens is 301 g/mol.